The molecule has 1 unspecified atom stereocenters. The number of carbonyl (C=O) groups excluding carboxylic acids is 2. The summed E-state index contributed by atoms with van der Waals surface area (Å²) in [7, 11) is 1.55. The van der Waals surface area contributed by atoms with E-state index in [1.165, 1.54) is 29.2 Å². The smallest absolute Gasteiger partial charge is 0.295 e. The summed E-state index contributed by atoms with van der Waals surface area (Å²) in [6, 6.07) is 11.4. The minimum absolute atomic E-state index is 0.0755. The molecule has 1 heterocycles. The number of aliphatic hydroxyl groups excluding tert-OH is 1. The van der Waals surface area contributed by atoms with Crippen molar-refractivity contribution in [1.82, 2.24) is 4.90 Å². The molecule has 1 fully saturated rings. The van der Waals surface area contributed by atoms with E-state index in [-0.39, 0.29) is 29.5 Å². The summed E-state index contributed by atoms with van der Waals surface area (Å²) in [4.78, 5) is 37.7. The summed E-state index contributed by atoms with van der Waals surface area (Å²) in [5, 5.41) is 22.0. The highest BCUT2D eigenvalue weighted by Crippen LogP contribution is 2.40. The van der Waals surface area contributed by atoms with E-state index in [9.17, 15) is 24.8 Å². The van der Waals surface area contributed by atoms with Gasteiger partial charge >= 0.3 is 0 Å². The molecule has 1 atom stereocenters. The van der Waals surface area contributed by atoms with Crippen molar-refractivity contribution >= 4 is 23.1 Å². The lowest BCUT2D eigenvalue weighted by molar-refractivity contribution is -0.384. The number of methoxy groups -OCH3 is 1. The summed E-state index contributed by atoms with van der Waals surface area (Å²) in [6.45, 7) is 4.42. The molecule has 1 aliphatic rings. The number of Topliss-reactive ketones (excluding diaryl/α,β-unsaturated/α-hetero) is 1. The zero-order valence-corrected chi connectivity index (χ0v) is 18.7. The number of hydrogen-bond acceptors (Lipinski definition) is 7. The summed E-state index contributed by atoms with van der Waals surface area (Å²) >= 11 is 0. The zero-order valence-electron chi connectivity index (χ0n) is 18.7. The highest BCUT2D eigenvalue weighted by molar-refractivity contribution is 6.46. The van der Waals surface area contributed by atoms with E-state index >= 15 is 0 Å². The predicted molar refractivity (Wildman–Crippen MR) is 121 cm³/mol. The molecule has 9 nitrogen and oxygen atoms in total. The lowest BCUT2D eigenvalue weighted by Crippen LogP contribution is -2.31. The monoisotopic (exact) mass is 454 g/mol. The molecule has 174 valence electrons. The molecule has 9 heteroatoms. The fourth-order valence-corrected chi connectivity index (χ4v) is 3.76. The maximum Gasteiger partial charge on any atom is 0.295 e. The van der Waals surface area contributed by atoms with Crippen molar-refractivity contribution in [2.45, 2.75) is 32.4 Å². The van der Waals surface area contributed by atoms with Crippen molar-refractivity contribution in [2.75, 3.05) is 20.3 Å². The fraction of sp³-hybridized carbons (Fsp3) is 0.333. The maximum absolute atomic E-state index is 13.0. The van der Waals surface area contributed by atoms with Gasteiger partial charge < -0.3 is 19.5 Å². The van der Waals surface area contributed by atoms with Crippen LogP contribution in [0.1, 0.15) is 37.4 Å². The lowest BCUT2D eigenvalue weighted by atomic mass is 9.95. The number of ketones is 1. The van der Waals surface area contributed by atoms with Crippen molar-refractivity contribution in [3.63, 3.8) is 0 Å². The molecule has 33 heavy (non-hydrogen) atoms. The molecule has 1 amide bonds. The number of non-ortho nitro benzene ring substituents is 1. The second-order valence-corrected chi connectivity index (χ2v) is 7.88. The SMILES string of the molecule is COCCCN1C(=O)C(=O)/C(=C(/O)c2ccc([N+](=O)[O-])cc2)C1c1cccc(OC(C)C)c1. The molecular formula is C24H26N2O7. The van der Waals surface area contributed by atoms with Gasteiger partial charge in [0.25, 0.3) is 17.4 Å². The van der Waals surface area contributed by atoms with Crippen molar-refractivity contribution in [3.8, 4) is 5.75 Å². The molecule has 3 rings (SSSR count). The molecule has 1 N–H and O–H groups in total. The summed E-state index contributed by atoms with van der Waals surface area (Å²) in [6.07, 6.45) is 0.424. The average Bonchev–Trinajstić information content (AvgIpc) is 3.03. The molecule has 1 aliphatic heterocycles. The molecule has 0 spiro atoms. The number of nitro benzene ring substituents is 1. The van der Waals surface area contributed by atoms with Crippen LogP contribution in [-0.2, 0) is 14.3 Å². The molecule has 0 aliphatic carbocycles. The molecule has 2 aromatic carbocycles. The van der Waals surface area contributed by atoms with E-state index in [0.717, 1.165) is 0 Å². The van der Waals surface area contributed by atoms with Crippen LogP contribution in [0.3, 0.4) is 0 Å². The van der Waals surface area contributed by atoms with E-state index in [0.29, 0.717) is 24.3 Å². The van der Waals surface area contributed by atoms with Gasteiger partial charge in [-0.15, -0.1) is 0 Å². The number of benzene rings is 2. The molecule has 1 saturated heterocycles. The minimum Gasteiger partial charge on any atom is -0.507 e. The minimum atomic E-state index is -0.840. The van der Waals surface area contributed by atoms with E-state index in [2.05, 4.69) is 0 Å². The van der Waals surface area contributed by atoms with Crippen molar-refractivity contribution in [3.05, 3.63) is 75.3 Å². The Bertz CT molecular complexity index is 1080. The van der Waals surface area contributed by atoms with Crippen LogP contribution in [-0.4, -0.2) is 53.0 Å². The number of amides is 1. The Labute approximate surface area is 191 Å². The standard InChI is InChI=1S/C24H26N2O7/c1-15(2)33-19-7-4-6-17(14-19)21-20(23(28)24(29)25(21)12-5-13-32-3)22(27)16-8-10-18(11-9-16)26(30)31/h4,6-11,14-15,21,27H,5,12-13H2,1-3H3/b22-20+. The van der Waals surface area contributed by atoms with Gasteiger partial charge in [0.15, 0.2) is 0 Å². The van der Waals surface area contributed by atoms with Crippen LogP contribution in [0.5, 0.6) is 5.75 Å². The quantitative estimate of drug-likeness (QED) is 0.153. The molecule has 0 radical (unpaired) electrons. The molecule has 0 saturated carbocycles. The van der Waals surface area contributed by atoms with Crippen molar-refractivity contribution in [1.29, 1.82) is 0 Å². The maximum atomic E-state index is 13.0. The van der Waals surface area contributed by atoms with Gasteiger partial charge in [0.05, 0.1) is 22.6 Å². The van der Waals surface area contributed by atoms with Gasteiger partial charge in [-0.05, 0) is 50.1 Å². The van der Waals surface area contributed by atoms with E-state index in [4.69, 9.17) is 9.47 Å². The van der Waals surface area contributed by atoms with Crippen LogP contribution in [0.25, 0.3) is 5.76 Å². The average molecular weight is 454 g/mol. The number of nitrogens with zero attached hydrogens (tertiary/aromatic N) is 2. The zero-order chi connectivity index (χ0) is 24.1. The summed E-state index contributed by atoms with van der Waals surface area (Å²) in [5.41, 5.74) is 0.581. The van der Waals surface area contributed by atoms with Gasteiger partial charge in [-0.2, -0.15) is 0 Å². The van der Waals surface area contributed by atoms with Gasteiger partial charge in [0.2, 0.25) is 0 Å². The van der Waals surface area contributed by atoms with Crippen LogP contribution in [0.15, 0.2) is 54.1 Å². The fourth-order valence-electron chi connectivity index (χ4n) is 3.76. The first kappa shape index (κ1) is 23.9. The second-order valence-electron chi connectivity index (χ2n) is 7.88. The Morgan fingerprint density at radius 2 is 1.88 bits per heavy atom. The normalized spacial score (nSPS) is 17.6. The second kappa shape index (κ2) is 10.3. The third kappa shape index (κ3) is 5.20. The first-order chi connectivity index (χ1) is 15.7. The topological polar surface area (TPSA) is 119 Å². The molecule has 0 aromatic heterocycles. The lowest BCUT2D eigenvalue weighted by Gasteiger charge is -2.25. The van der Waals surface area contributed by atoms with E-state index in [1.54, 1.807) is 31.4 Å². The Balaban J connectivity index is 2.11. The number of nitro groups is 1. The third-order valence-electron chi connectivity index (χ3n) is 5.18. The van der Waals surface area contributed by atoms with E-state index in [1.807, 2.05) is 13.8 Å². The Kier molecular flexibility index (Phi) is 7.44. The van der Waals surface area contributed by atoms with Crippen molar-refractivity contribution in [2.24, 2.45) is 0 Å². The number of carbonyl (C=O) groups is 2. The van der Waals surface area contributed by atoms with Crippen LogP contribution < -0.4 is 4.74 Å². The first-order valence-corrected chi connectivity index (χ1v) is 10.5. The van der Waals surface area contributed by atoms with Gasteiger partial charge in [0.1, 0.15) is 11.5 Å². The summed E-state index contributed by atoms with van der Waals surface area (Å²) < 4.78 is 10.8. The number of aliphatic hydroxyl groups is 1. The van der Waals surface area contributed by atoms with Gasteiger partial charge in [0, 0.05) is 38.0 Å². The largest absolute Gasteiger partial charge is 0.507 e. The number of likely N-dealkylation sites (tertiary alicyclic amines) is 1. The first-order valence-electron chi connectivity index (χ1n) is 10.5. The van der Waals surface area contributed by atoms with Gasteiger partial charge in [-0.25, -0.2) is 0 Å². The number of hydrogen-bond donors (Lipinski definition) is 1. The van der Waals surface area contributed by atoms with Gasteiger partial charge in [-0.1, -0.05) is 12.1 Å². The van der Waals surface area contributed by atoms with Crippen LogP contribution in [0.4, 0.5) is 5.69 Å². The number of ether oxygens (including phenoxy) is 2. The highest BCUT2D eigenvalue weighted by atomic mass is 16.6. The van der Waals surface area contributed by atoms with Crippen LogP contribution in [0.2, 0.25) is 0 Å². The molecule has 0 bridgehead atoms. The highest BCUT2D eigenvalue weighted by Gasteiger charge is 2.45. The van der Waals surface area contributed by atoms with Crippen LogP contribution in [0, 0.1) is 10.1 Å². The van der Waals surface area contributed by atoms with Gasteiger partial charge in [-0.3, -0.25) is 19.7 Å². The Morgan fingerprint density at radius 3 is 2.48 bits per heavy atom. The molecule has 2 aromatic rings. The number of rotatable bonds is 9. The third-order valence-corrected chi connectivity index (χ3v) is 5.18. The predicted octanol–water partition coefficient (Wildman–Crippen LogP) is 3.84. The van der Waals surface area contributed by atoms with Crippen molar-refractivity contribution < 1.29 is 29.1 Å². The Hall–Kier alpha value is -3.72. The molecular weight excluding hydrogens is 428 g/mol. The Morgan fingerprint density at radius 1 is 1.18 bits per heavy atom. The summed E-state index contributed by atoms with van der Waals surface area (Å²) in [5.74, 6) is -1.36. The van der Waals surface area contributed by atoms with Crippen LogP contribution >= 0.6 is 0 Å². The van der Waals surface area contributed by atoms with E-state index < -0.39 is 28.4 Å².